The predicted octanol–water partition coefficient (Wildman–Crippen LogP) is 1.71. The highest BCUT2D eigenvalue weighted by atomic mass is 16.5. The van der Waals surface area contributed by atoms with E-state index in [1.807, 2.05) is 13.0 Å². The SMILES string of the molecule is CCCOc1ccc2c(=O)[nH]ncc2c1. The normalized spacial score (nSPS) is 10.5. The van der Waals surface area contributed by atoms with E-state index in [4.69, 9.17) is 4.74 Å². The second-order valence-corrected chi connectivity index (χ2v) is 3.30. The van der Waals surface area contributed by atoms with Gasteiger partial charge in [-0.1, -0.05) is 6.92 Å². The Kier molecular flexibility index (Phi) is 2.67. The maximum Gasteiger partial charge on any atom is 0.272 e. The molecule has 4 nitrogen and oxygen atoms in total. The minimum absolute atomic E-state index is 0.172. The first-order valence-corrected chi connectivity index (χ1v) is 4.91. The first-order valence-electron chi connectivity index (χ1n) is 4.91. The van der Waals surface area contributed by atoms with E-state index < -0.39 is 0 Å². The lowest BCUT2D eigenvalue weighted by molar-refractivity contribution is 0.318. The maximum absolute atomic E-state index is 11.3. The Morgan fingerprint density at radius 1 is 1.47 bits per heavy atom. The minimum Gasteiger partial charge on any atom is -0.494 e. The van der Waals surface area contributed by atoms with Gasteiger partial charge in [-0.15, -0.1) is 0 Å². The van der Waals surface area contributed by atoms with Crippen LogP contribution in [0.5, 0.6) is 5.75 Å². The smallest absolute Gasteiger partial charge is 0.272 e. The summed E-state index contributed by atoms with van der Waals surface area (Å²) in [6, 6.07) is 5.38. The molecule has 2 aromatic rings. The van der Waals surface area contributed by atoms with Crippen molar-refractivity contribution in [3.8, 4) is 5.75 Å². The number of fused-ring (bicyclic) bond motifs is 1. The zero-order chi connectivity index (χ0) is 10.7. The summed E-state index contributed by atoms with van der Waals surface area (Å²) in [5.74, 6) is 0.775. The molecule has 0 unspecified atom stereocenters. The summed E-state index contributed by atoms with van der Waals surface area (Å²) in [5, 5.41) is 7.56. The molecule has 0 amide bonds. The van der Waals surface area contributed by atoms with Gasteiger partial charge in [0.15, 0.2) is 0 Å². The summed E-state index contributed by atoms with van der Waals surface area (Å²) >= 11 is 0. The average Bonchev–Trinajstić information content (AvgIpc) is 2.26. The Labute approximate surface area is 86.9 Å². The van der Waals surface area contributed by atoms with E-state index in [-0.39, 0.29) is 5.56 Å². The van der Waals surface area contributed by atoms with Crippen molar-refractivity contribution in [2.24, 2.45) is 0 Å². The van der Waals surface area contributed by atoms with Crippen LogP contribution < -0.4 is 10.3 Å². The number of H-pyrrole nitrogens is 1. The van der Waals surface area contributed by atoms with Crippen molar-refractivity contribution in [2.75, 3.05) is 6.61 Å². The molecule has 0 bridgehead atoms. The van der Waals surface area contributed by atoms with E-state index in [0.717, 1.165) is 17.6 Å². The Bertz CT molecular complexity index is 519. The molecule has 1 aromatic heterocycles. The molecule has 0 aliphatic heterocycles. The molecular weight excluding hydrogens is 192 g/mol. The van der Waals surface area contributed by atoms with Gasteiger partial charge in [-0.05, 0) is 24.6 Å². The number of ether oxygens (including phenoxy) is 1. The van der Waals surface area contributed by atoms with Gasteiger partial charge in [0.2, 0.25) is 0 Å². The second kappa shape index (κ2) is 4.13. The van der Waals surface area contributed by atoms with Crippen LogP contribution in [0, 0.1) is 0 Å². The number of hydrogen-bond acceptors (Lipinski definition) is 3. The Morgan fingerprint density at radius 2 is 2.33 bits per heavy atom. The fourth-order valence-electron chi connectivity index (χ4n) is 1.38. The zero-order valence-electron chi connectivity index (χ0n) is 8.49. The lowest BCUT2D eigenvalue weighted by Gasteiger charge is -2.04. The Hall–Kier alpha value is -1.84. The van der Waals surface area contributed by atoms with Crippen LogP contribution in [0.1, 0.15) is 13.3 Å². The molecule has 0 atom stereocenters. The third-order valence-corrected chi connectivity index (χ3v) is 2.11. The molecule has 4 heteroatoms. The van der Waals surface area contributed by atoms with Crippen LogP contribution in [-0.2, 0) is 0 Å². The van der Waals surface area contributed by atoms with Gasteiger partial charge < -0.3 is 4.74 Å². The quantitative estimate of drug-likeness (QED) is 0.828. The lowest BCUT2D eigenvalue weighted by Crippen LogP contribution is -2.07. The zero-order valence-corrected chi connectivity index (χ0v) is 8.49. The van der Waals surface area contributed by atoms with Gasteiger partial charge in [0, 0.05) is 5.39 Å². The summed E-state index contributed by atoms with van der Waals surface area (Å²) < 4.78 is 5.46. The predicted molar refractivity (Wildman–Crippen MR) is 58.1 cm³/mol. The monoisotopic (exact) mass is 204 g/mol. The molecule has 1 N–H and O–H groups in total. The highest BCUT2D eigenvalue weighted by Gasteiger charge is 2.00. The van der Waals surface area contributed by atoms with Crippen LogP contribution in [-0.4, -0.2) is 16.8 Å². The molecule has 1 aromatic carbocycles. The molecule has 0 fully saturated rings. The maximum atomic E-state index is 11.3. The Balaban J connectivity index is 2.43. The largest absolute Gasteiger partial charge is 0.494 e. The molecule has 0 saturated heterocycles. The highest BCUT2D eigenvalue weighted by molar-refractivity contribution is 5.81. The fourth-order valence-corrected chi connectivity index (χ4v) is 1.38. The highest BCUT2D eigenvalue weighted by Crippen LogP contribution is 2.17. The van der Waals surface area contributed by atoms with E-state index in [1.165, 1.54) is 0 Å². The second-order valence-electron chi connectivity index (χ2n) is 3.30. The summed E-state index contributed by atoms with van der Waals surface area (Å²) in [5.41, 5.74) is -0.172. The van der Waals surface area contributed by atoms with Crippen LogP contribution >= 0.6 is 0 Å². The molecule has 0 spiro atoms. The van der Waals surface area contributed by atoms with Crippen LogP contribution in [0.15, 0.2) is 29.2 Å². The van der Waals surface area contributed by atoms with Crippen molar-refractivity contribution >= 4 is 10.8 Å². The minimum atomic E-state index is -0.172. The molecule has 0 radical (unpaired) electrons. The molecule has 0 aliphatic carbocycles. The van der Waals surface area contributed by atoms with Crippen molar-refractivity contribution in [3.63, 3.8) is 0 Å². The van der Waals surface area contributed by atoms with E-state index in [1.54, 1.807) is 18.3 Å². The van der Waals surface area contributed by atoms with Crippen LogP contribution in [0.2, 0.25) is 0 Å². The third-order valence-electron chi connectivity index (χ3n) is 2.11. The summed E-state index contributed by atoms with van der Waals surface area (Å²) in [7, 11) is 0. The number of aromatic nitrogens is 2. The van der Waals surface area contributed by atoms with Crippen molar-refractivity contribution in [2.45, 2.75) is 13.3 Å². The first-order chi connectivity index (χ1) is 7.31. The Morgan fingerprint density at radius 3 is 3.13 bits per heavy atom. The van der Waals surface area contributed by atoms with Crippen LogP contribution in [0.3, 0.4) is 0 Å². The molecule has 1 heterocycles. The first kappa shape index (κ1) is 9.71. The molecule has 0 aliphatic rings. The number of nitrogens with one attached hydrogen (secondary N) is 1. The lowest BCUT2D eigenvalue weighted by atomic mass is 10.2. The number of rotatable bonds is 3. The number of hydrogen-bond donors (Lipinski definition) is 1. The van der Waals surface area contributed by atoms with E-state index in [9.17, 15) is 4.79 Å². The standard InChI is InChI=1S/C11H12N2O2/c1-2-5-15-9-3-4-10-8(6-9)7-12-13-11(10)14/h3-4,6-7H,2,5H2,1H3,(H,13,14). The van der Waals surface area contributed by atoms with Gasteiger partial charge in [-0.25, -0.2) is 5.10 Å². The van der Waals surface area contributed by atoms with Crippen LogP contribution in [0.4, 0.5) is 0 Å². The fraction of sp³-hybridized carbons (Fsp3) is 0.273. The summed E-state index contributed by atoms with van der Waals surface area (Å²) in [6.45, 7) is 2.73. The van der Waals surface area contributed by atoms with E-state index in [0.29, 0.717) is 12.0 Å². The van der Waals surface area contributed by atoms with Gasteiger partial charge in [-0.2, -0.15) is 5.10 Å². The molecule has 2 rings (SSSR count). The van der Waals surface area contributed by atoms with Gasteiger partial charge in [-0.3, -0.25) is 4.79 Å². The third kappa shape index (κ3) is 1.98. The van der Waals surface area contributed by atoms with E-state index >= 15 is 0 Å². The molecular formula is C11H12N2O2. The van der Waals surface area contributed by atoms with Crippen molar-refractivity contribution in [3.05, 3.63) is 34.7 Å². The van der Waals surface area contributed by atoms with Crippen molar-refractivity contribution < 1.29 is 4.74 Å². The molecule has 78 valence electrons. The summed E-state index contributed by atoms with van der Waals surface area (Å²) in [6.07, 6.45) is 2.58. The van der Waals surface area contributed by atoms with Gasteiger partial charge in [0.1, 0.15) is 5.75 Å². The average molecular weight is 204 g/mol. The number of aromatic amines is 1. The number of nitrogens with zero attached hydrogens (tertiary/aromatic N) is 1. The van der Waals surface area contributed by atoms with Crippen LogP contribution in [0.25, 0.3) is 10.8 Å². The molecule has 15 heavy (non-hydrogen) atoms. The van der Waals surface area contributed by atoms with Gasteiger partial charge in [0.05, 0.1) is 18.2 Å². The molecule has 0 saturated carbocycles. The van der Waals surface area contributed by atoms with E-state index in [2.05, 4.69) is 10.2 Å². The van der Waals surface area contributed by atoms with Gasteiger partial charge >= 0.3 is 0 Å². The van der Waals surface area contributed by atoms with Gasteiger partial charge in [0.25, 0.3) is 5.56 Å². The van der Waals surface area contributed by atoms with Crippen molar-refractivity contribution in [1.29, 1.82) is 0 Å². The number of benzene rings is 1. The topological polar surface area (TPSA) is 55.0 Å². The summed E-state index contributed by atoms with van der Waals surface area (Å²) in [4.78, 5) is 11.3. The van der Waals surface area contributed by atoms with Crippen molar-refractivity contribution in [1.82, 2.24) is 10.2 Å².